The Morgan fingerprint density at radius 2 is 1.89 bits per heavy atom. The highest BCUT2D eigenvalue weighted by Gasteiger charge is 2.31. The van der Waals surface area contributed by atoms with E-state index in [1.807, 2.05) is 20.8 Å². The standard InChI is InChI=1S/C22H32N2O2S2/c1-15(2)12-19-13-20(21(27-19)24(28(25)26)22(3,4)5)17-8-6-16(7-9-17)14-23-18-10-11-18/h6-9,13,15,18,23H,10-12,14H2,1-5H3,(H,25,26). The normalized spacial score (nSPS) is 15.8. The average Bonchev–Trinajstić information content (AvgIpc) is 3.33. The summed E-state index contributed by atoms with van der Waals surface area (Å²) in [6.07, 6.45) is 3.54. The highest BCUT2D eigenvalue weighted by Crippen LogP contribution is 2.43. The van der Waals surface area contributed by atoms with E-state index < -0.39 is 16.8 Å². The summed E-state index contributed by atoms with van der Waals surface area (Å²) in [7, 11) is 0. The molecule has 1 atom stereocenters. The summed E-state index contributed by atoms with van der Waals surface area (Å²) in [4.78, 5) is 1.25. The van der Waals surface area contributed by atoms with E-state index >= 15 is 0 Å². The molecule has 1 aliphatic carbocycles. The fourth-order valence-corrected chi connectivity index (χ4v) is 5.75. The molecule has 1 aromatic heterocycles. The van der Waals surface area contributed by atoms with Crippen molar-refractivity contribution in [3.8, 4) is 11.1 Å². The zero-order valence-corrected chi connectivity index (χ0v) is 19.1. The molecule has 1 aliphatic rings. The lowest BCUT2D eigenvalue weighted by Gasteiger charge is -2.33. The Hall–Kier alpha value is -1.21. The summed E-state index contributed by atoms with van der Waals surface area (Å²) in [6, 6.07) is 11.5. The van der Waals surface area contributed by atoms with Crippen LogP contribution in [0.25, 0.3) is 11.1 Å². The van der Waals surface area contributed by atoms with Gasteiger partial charge in [0.05, 0.1) is 0 Å². The largest absolute Gasteiger partial charge is 0.310 e. The molecule has 0 amide bonds. The Kier molecular flexibility index (Phi) is 6.65. The highest BCUT2D eigenvalue weighted by atomic mass is 32.2. The van der Waals surface area contributed by atoms with Crippen LogP contribution in [0, 0.1) is 5.92 Å². The topological polar surface area (TPSA) is 52.6 Å². The summed E-state index contributed by atoms with van der Waals surface area (Å²) in [5.41, 5.74) is 2.95. The van der Waals surface area contributed by atoms with E-state index in [1.165, 1.54) is 23.3 Å². The van der Waals surface area contributed by atoms with Crippen LogP contribution in [0.2, 0.25) is 0 Å². The lowest BCUT2D eigenvalue weighted by Crippen LogP contribution is -2.42. The molecule has 1 fully saturated rings. The second-order valence-corrected chi connectivity index (χ2v) is 11.0. The van der Waals surface area contributed by atoms with E-state index in [4.69, 9.17) is 0 Å². The first kappa shape index (κ1) is 21.5. The number of nitrogens with zero attached hydrogens (tertiary/aromatic N) is 1. The maximum Gasteiger partial charge on any atom is 0.263 e. The van der Waals surface area contributed by atoms with Gasteiger partial charge in [-0.2, -0.15) is 0 Å². The lowest BCUT2D eigenvalue weighted by molar-refractivity contribution is 0.516. The fourth-order valence-electron chi connectivity index (χ4n) is 3.25. The van der Waals surface area contributed by atoms with Gasteiger partial charge in [-0.15, -0.1) is 11.3 Å². The van der Waals surface area contributed by atoms with Crippen molar-refractivity contribution in [3.63, 3.8) is 0 Å². The Bertz CT molecular complexity index is 818. The number of nitrogens with one attached hydrogen (secondary N) is 1. The third-order valence-corrected chi connectivity index (χ3v) is 7.06. The average molecular weight is 421 g/mol. The molecule has 2 aromatic rings. The van der Waals surface area contributed by atoms with E-state index in [9.17, 15) is 8.76 Å². The third-order valence-electron chi connectivity index (χ3n) is 4.76. The number of hydrogen-bond acceptors (Lipinski definition) is 3. The van der Waals surface area contributed by atoms with E-state index in [-0.39, 0.29) is 0 Å². The Labute approximate surface area is 175 Å². The van der Waals surface area contributed by atoms with Crippen molar-refractivity contribution in [2.45, 2.75) is 72.0 Å². The molecular weight excluding hydrogens is 388 g/mol. The number of hydrogen-bond donors (Lipinski definition) is 2. The van der Waals surface area contributed by atoms with Crippen LogP contribution in [0.1, 0.15) is 57.9 Å². The fraction of sp³-hybridized carbons (Fsp3) is 0.545. The van der Waals surface area contributed by atoms with Gasteiger partial charge in [0.25, 0.3) is 11.3 Å². The van der Waals surface area contributed by atoms with Crippen molar-refractivity contribution in [3.05, 3.63) is 40.8 Å². The molecular formula is C22H32N2O2S2. The minimum absolute atomic E-state index is 0.456. The van der Waals surface area contributed by atoms with Crippen LogP contribution >= 0.6 is 11.3 Å². The Morgan fingerprint density at radius 1 is 1.25 bits per heavy atom. The zero-order chi connectivity index (χ0) is 20.5. The minimum Gasteiger partial charge on any atom is -0.310 e. The van der Waals surface area contributed by atoms with Gasteiger partial charge in [-0.25, -0.2) is 4.21 Å². The van der Waals surface area contributed by atoms with Gasteiger partial charge < -0.3 is 5.32 Å². The van der Waals surface area contributed by atoms with Crippen molar-refractivity contribution in [2.24, 2.45) is 5.92 Å². The van der Waals surface area contributed by atoms with E-state index in [2.05, 4.69) is 49.5 Å². The monoisotopic (exact) mass is 420 g/mol. The van der Waals surface area contributed by atoms with Gasteiger partial charge in [0.15, 0.2) is 0 Å². The molecule has 1 aromatic carbocycles. The van der Waals surface area contributed by atoms with E-state index in [1.54, 1.807) is 15.6 Å². The molecule has 1 heterocycles. The number of thiophene rings is 1. The van der Waals surface area contributed by atoms with Crippen molar-refractivity contribution >= 4 is 27.6 Å². The van der Waals surface area contributed by atoms with Crippen molar-refractivity contribution in [1.29, 1.82) is 0 Å². The van der Waals surface area contributed by atoms with Crippen LogP contribution in [-0.2, 0) is 24.2 Å². The predicted molar refractivity (Wildman–Crippen MR) is 121 cm³/mol. The first-order valence-corrected chi connectivity index (χ1v) is 11.9. The van der Waals surface area contributed by atoms with Gasteiger partial charge in [-0.1, -0.05) is 38.1 Å². The molecule has 1 saturated carbocycles. The van der Waals surface area contributed by atoms with Gasteiger partial charge in [-0.3, -0.25) is 8.86 Å². The van der Waals surface area contributed by atoms with Crippen LogP contribution in [0.5, 0.6) is 0 Å². The van der Waals surface area contributed by atoms with Gasteiger partial charge >= 0.3 is 0 Å². The summed E-state index contributed by atoms with van der Waals surface area (Å²) in [5.74, 6) is 0.540. The van der Waals surface area contributed by atoms with Crippen LogP contribution in [0.15, 0.2) is 30.3 Å². The molecule has 2 N–H and O–H groups in total. The quantitative estimate of drug-likeness (QED) is 0.546. The molecule has 6 heteroatoms. The van der Waals surface area contributed by atoms with Crippen LogP contribution in [0.4, 0.5) is 5.00 Å². The molecule has 1 unspecified atom stereocenters. The van der Waals surface area contributed by atoms with Gasteiger partial charge in [0.1, 0.15) is 5.00 Å². The third kappa shape index (κ3) is 5.44. The Balaban J connectivity index is 1.95. The Morgan fingerprint density at radius 3 is 2.39 bits per heavy atom. The maximum atomic E-state index is 12.2. The lowest BCUT2D eigenvalue weighted by atomic mass is 10.0. The number of rotatable bonds is 8. The molecule has 154 valence electrons. The summed E-state index contributed by atoms with van der Waals surface area (Å²) in [5, 5.41) is 4.41. The molecule has 0 bridgehead atoms. The van der Waals surface area contributed by atoms with E-state index in [0.29, 0.717) is 12.0 Å². The highest BCUT2D eigenvalue weighted by molar-refractivity contribution is 7.81. The van der Waals surface area contributed by atoms with Gasteiger partial charge in [0, 0.05) is 28.6 Å². The van der Waals surface area contributed by atoms with E-state index in [0.717, 1.165) is 29.1 Å². The SMILES string of the molecule is CC(C)Cc1cc(-c2ccc(CNC3CC3)cc2)c(N(S(=O)O)C(C)(C)C)s1. The second-order valence-electron chi connectivity index (χ2n) is 9.08. The van der Waals surface area contributed by atoms with Crippen molar-refractivity contribution in [1.82, 2.24) is 5.32 Å². The molecule has 0 radical (unpaired) electrons. The maximum absolute atomic E-state index is 12.2. The molecule has 0 aliphatic heterocycles. The van der Waals surface area contributed by atoms with Crippen LogP contribution in [0.3, 0.4) is 0 Å². The van der Waals surface area contributed by atoms with Crippen molar-refractivity contribution < 1.29 is 8.76 Å². The molecule has 0 saturated heterocycles. The second kappa shape index (κ2) is 8.66. The van der Waals surface area contributed by atoms with Crippen LogP contribution < -0.4 is 9.62 Å². The number of benzene rings is 1. The molecule has 4 nitrogen and oxygen atoms in total. The summed E-state index contributed by atoms with van der Waals surface area (Å²) < 4.78 is 23.9. The first-order chi connectivity index (χ1) is 13.1. The smallest absolute Gasteiger partial charge is 0.263 e. The summed E-state index contributed by atoms with van der Waals surface area (Å²) >= 11 is -0.446. The number of anilines is 1. The van der Waals surface area contributed by atoms with Crippen molar-refractivity contribution in [2.75, 3.05) is 4.31 Å². The zero-order valence-electron chi connectivity index (χ0n) is 17.5. The minimum atomic E-state index is -2.08. The molecule has 3 rings (SSSR count). The van der Waals surface area contributed by atoms with Gasteiger partial charge in [0.2, 0.25) is 0 Å². The summed E-state index contributed by atoms with van der Waals surface area (Å²) in [6.45, 7) is 11.2. The molecule has 28 heavy (non-hydrogen) atoms. The predicted octanol–water partition coefficient (Wildman–Crippen LogP) is 5.61. The first-order valence-electron chi connectivity index (χ1n) is 10.0. The van der Waals surface area contributed by atoms with Gasteiger partial charge in [-0.05, 0) is 63.1 Å². The molecule has 0 spiro atoms. The van der Waals surface area contributed by atoms with Crippen LogP contribution in [-0.4, -0.2) is 20.3 Å².